The first-order chi connectivity index (χ1) is 23.3. The number of amides is 2. The molecule has 2 rings (SSSR count). The highest BCUT2D eigenvalue weighted by molar-refractivity contribution is 5.89. The Morgan fingerprint density at radius 1 is 1.10 bits per heavy atom. The van der Waals surface area contributed by atoms with E-state index in [1.54, 1.807) is 45.4 Å². The predicted octanol–water partition coefficient (Wildman–Crippen LogP) is 12.9. The average molecular weight is 678 g/mol. The summed E-state index contributed by atoms with van der Waals surface area (Å²) in [5.74, 6) is 3.68. The molecule has 49 heavy (non-hydrogen) atoms. The standard InChI is InChI=1S/C20H27NO.C15H23FN2O.C3H8.C3H4.C2H6/c1-7-16(5)18-14-20(22-6)17(13-19(18)21-8-2)12-10-9-11-15(3)4;1-5-11(3)12(4)9-17-15(19)18-14-7-6-10(2)8-13(14)16;2*1-3-2;1-2/h7-8,13-14H,1,3,5,9-12H2,2,4,6H3;6-8,11-12H,5,9H2,1-4H3,(H2,17,18,19);3H2,1-2H3;1H,2H3;1-2H3. The first-order valence-corrected chi connectivity index (χ1v) is 17.6. The molecule has 0 heterocycles. The number of unbranched alkanes of at least 4 members (excludes halogenated alkanes) is 1. The maximum Gasteiger partial charge on any atom is 0.319 e. The van der Waals surface area contributed by atoms with Gasteiger partial charge in [-0.2, -0.15) is 0 Å². The van der Waals surface area contributed by atoms with E-state index in [2.05, 4.69) is 95.3 Å². The summed E-state index contributed by atoms with van der Waals surface area (Å²) in [7, 11) is 1.70. The van der Waals surface area contributed by atoms with Gasteiger partial charge in [0.15, 0.2) is 0 Å². The number of hydrogen-bond acceptors (Lipinski definition) is 3. The number of carbonyl (C=O) groups excluding carboxylic acids is 1. The fourth-order valence-corrected chi connectivity index (χ4v) is 4.10. The Morgan fingerprint density at radius 2 is 1.69 bits per heavy atom. The highest BCUT2D eigenvalue weighted by Gasteiger charge is 2.13. The van der Waals surface area contributed by atoms with Gasteiger partial charge in [0.25, 0.3) is 0 Å². The molecule has 0 aliphatic rings. The Kier molecular flexibility index (Phi) is 31.4. The molecule has 0 aliphatic heterocycles. The number of hydrogen-bond donors (Lipinski definition) is 2. The van der Waals surface area contributed by atoms with Gasteiger partial charge in [-0.1, -0.05) is 92.2 Å². The lowest BCUT2D eigenvalue weighted by Crippen LogP contribution is -2.34. The van der Waals surface area contributed by atoms with E-state index in [0.29, 0.717) is 18.4 Å². The Hall–Kier alpha value is -4.11. The Labute approximate surface area is 300 Å². The molecule has 274 valence electrons. The summed E-state index contributed by atoms with van der Waals surface area (Å²) in [4.78, 5) is 16.1. The van der Waals surface area contributed by atoms with Crippen LogP contribution in [0, 0.1) is 36.9 Å². The zero-order chi connectivity index (χ0) is 38.4. The van der Waals surface area contributed by atoms with Gasteiger partial charge in [-0.25, -0.2) is 9.18 Å². The molecule has 2 unspecified atom stereocenters. The molecule has 0 aromatic heterocycles. The zero-order valence-corrected chi connectivity index (χ0v) is 33.0. The Morgan fingerprint density at radius 3 is 2.16 bits per heavy atom. The molecular formula is C43H68FN3O2. The summed E-state index contributed by atoms with van der Waals surface area (Å²) in [6, 6.07) is 8.49. The molecule has 2 amide bonds. The Bertz CT molecular complexity index is 1310. The number of terminal acetylenes is 1. The number of aryl methyl sites for hydroxylation is 2. The van der Waals surface area contributed by atoms with Crippen molar-refractivity contribution in [2.45, 2.75) is 115 Å². The van der Waals surface area contributed by atoms with Crippen molar-refractivity contribution in [1.82, 2.24) is 5.32 Å². The van der Waals surface area contributed by atoms with E-state index in [1.807, 2.05) is 26.8 Å². The summed E-state index contributed by atoms with van der Waals surface area (Å²) in [6.45, 7) is 34.4. The second kappa shape index (κ2) is 31.2. The lowest BCUT2D eigenvalue weighted by Gasteiger charge is -2.18. The van der Waals surface area contributed by atoms with Crippen LogP contribution >= 0.6 is 0 Å². The topological polar surface area (TPSA) is 62.7 Å². The van der Waals surface area contributed by atoms with E-state index in [9.17, 15) is 9.18 Å². The highest BCUT2D eigenvalue weighted by atomic mass is 19.1. The van der Waals surface area contributed by atoms with E-state index in [4.69, 9.17) is 4.74 Å². The van der Waals surface area contributed by atoms with Crippen molar-refractivity contribution in [3.8, 4) is 18.1 Å². The van der Waals surface area contributed by atoms with Crippen LogP contribution < -0.4 is 15.4 Å². The smallest absolute Gasteiger partial charge is 0.319 e. The number of aliphatic imine (C=N–C) groups is 1. The number of nitrogens with zero attached hydrogens (tertiary/aromatic N) is 1. The summed E-state index contributed by atoms with van der Waals surface area (Å²) in [5.41, 5.74) is 6.20. The number of rotatable bonds is 14. The maximum atomic E-state index is 13.5. The number of nitrogens with one attached hydrogen (secondary N) is 2. The number of anilines is 1. The van der Waals surface area contributed by atoms with Crippen LogP contribution in [0.4, 0.5) is 20.6 Å². The normalized spacial score (nSPS) is 10.8. The van der Waals surface area contributed by atoms with Gasteiger partial charge in [-0.05, 0) is 106 Å². The highest BCUT2D eigenvalue weighted by Crippen LogP contribution is 2.34. The van der Waals surface area contributed by atoms with Crippen LogP contribution in [-0.2, 0) is 6.42 Å². The predicted molar refractivity (Wildman–Crippen MR) is 217 cm³/mol. The monoisotopic (exact) mass is 678 g/mol. The Balaban J connectivity index is -0.000000716. The van der Waals surface area contributed by atoms with Crippen LogP contribution in [0.1, 0.15) is 118 Å². The minimum Gasteiger partial charge on any atom is -0.496 e. The molecule has 0 aliphatic carbocycles. The number of methoxy groups -OCH3 is 1. The van der Waals surface area contributed by atoms with Crippen molar-refractivity contribution >= 4 is 29.2 Å². The molecule has 2 aromatic carbocycles. The second-order valence-electron chi connectivity index (χ2n) is 11.6. The summed E-state index contributed by atoms with van der Waals surface area (Å²) >= 11 is 0. The van der Waals surface area contributed by atoms with E-state index < -0.39 is 5.82 Å². The van der Waals surface area contributed by atoms with E-state index in [0.717, 1.165) is 60.2 Å². The van der Waals surface area contributed by atoms with E-state index >= 15 is 0 Å². The van der Waals surface area contributed by atoms with Crippen molar-refractivity contribution in [3.05, 3.63) is 84.2 Å². The fraction of sp³-hybridized carbons (Fsp3) is 0.488. The number of benzene rings is 2. The number of halogens is 1. The molecular weight excluding hydrogens is 609 g/mol. The van der Waals surface area contributed by atoms with Gasteiger partial charge in [-0.15, -0.1) is 18.9 Å². The zero-order valence-electron chi connectivity index (χ0n) is 33.0. The number of carbonyl (C=O) groups is 1. The van der Waals surface area contributed by atoms with Gasteiger partial charge < -0.3 is 15.4 Å². The van der Waals surface area contributed by atoms with Crippen LogP contribution in [0.15, 0.2) is 66.7 Å². The van der Waals surface area contributed by atoms with Gasteiger partial charge >= 0.3 is 6.03 Å². The first kappa shape index (κ1) is 49.3. The van der Waals surface area contributed by atoms with Gasteiger partial charge in [0.1, 0.15) is 11.6 Å². The largest absolute Gasteiger partial charge is 0.496 e. The summed E-state index contributed by atoms with van der Waals surface area (Å²) in [5, 5.41) is 5.30. The molecule has 2 aromatic rings. The molecule has 0 bridgehead atoms. The minimum absolute atomic E-state index is 0.208. The summed E-state index contributed by atoms with van der Waals surface area (Å²) in [6.07, 6.45) is 14.8. The van der Waals surface area contributed by atoms with Crippen LogP contribution in [0.5, 0.6) is 5.75 Å². The number of ether oxygens (including phenoxy) is 1. The third-order valence-electron chi connectivity index (χ3n) is 7.13. The minimum atomic E-state index is -0.412. The SMILES string of the molecule is C#CC.C=CC(=C)c1cc(OC)c(CCCCC(=C)C)cc1N=CC.CC.CCC.CCC(C)C(C)CNC(=O)Nc1ccc(C)cc1F. The second-order valence-corrected chi connectivity index (χ2v) is 11.6. The molecule has 2 N–H and O–H groups in total. The van der Waals surface area contributed by atoms with Crippen LogP contribution in [0.3, 0.4) is 0 Å². The van der Waals surface area contributed by atoms with Crippen molar-refractivity contribution in [2.24, 2.45) is 16.8 Å². The molecule has 0 radical (unpaired) electrons. The molecule has 5 nitrogen and oxygen atoms in total. The third-order valence-corrected chi connectivity index (χ3v) is 7.13. The molecule has 2 atom stereocenters. The number of allylic oxidation sites excluding steroid dienone is 3. The van der Waals surface area contributed by atoms with Gasteiger partial charge in [0, 0.05) is 18.3 Å². The lowest BCUT2D eigenvalue weighted by molar-refractivity contribution is 0.247. The van der Waals surface area contributed by atoms with E-state index in [-0.39, 0.29) is 11.7 Å². The van der Waals surface area contributed by atoms with Crippen molar-refractivity contribution in [3.63, 3.8) is 0 Å². The van der Waals surface area contributed by atoms with Crippen molar-refractivity contribution in [2.75, 3.05) is 19.0 Å². The van der Waals surface area contributed by atoms with Crippen molar-refractivity contribution < 1.29 is 13.9 Å². The van der Waals surface area contributed by atoms with Gasteiger partial charge in [-0.3, -0.25) is 4.99 Å². The average Bonchev–Trinajstić information content (AvgIpc) is 3.08. The molecule has 0 saturated carbocycles. The van der Waals surface area contributed by atoms with Crippen LogP contribution in [0.2, 0.25) is 0 Å². The first-order valence-electron chi connectivity index (χ1n) is 17.6. The van der Waals surface area contributed by atoms with Gasteiger partial charge in [0.05, 0.1) is 18.5 Å². The van der Waals surface area contributed by atoms with Crippen LogP contribution in [-0.4, -0.2) is 25.9 Å². The van der Waals surface area contributed by atoms with Crippen molar-refractivity contribution in [1.29, 1.82) is 0 Å². The fourth-order valence-electron chi connectivity index (χ4n) is 4.10. The van der Waals surface area contributed by atoms with E-state index in [1.165, 1.54) is 23.6 Å². The molecule has 0 fully saturated rings. The van der Waals surface area contributed by atoms with Crippen LogP contribution in [0.25, 0.3) is 5.57 Å². The number of urea groups is 1. The lowest BCUT2D eigenvalue weighted by atomic mass is 9.94. The summed E-state index contributed by atoms with van der Waals surface area (Å²) < 4.78 is 19.1. The molecule has 6 heteroatoms. The molecule has 0 saturated heterocycles. The third kappa shape index (κ3) is 23.0. The maximum absolute atomic E-state index is 13.5. The molecule has 0 spiro atoms. The van der Waals surface area contributed by atoms with Gasteiger partial charge in [0.2, 0.25) is 0 Å². The quantitative estimate of drug-likeness (QED) is 0.0687.